The van der Waals surface area contributed by atoms with Crippen LogP contribution in [0, 0.1) is 13.8 Å². The molecule has 0 N–H and O–H groups in total. The van der Waals surface area contributed by atoms with Crippen LogP contribution in [-0.4, -0.2) is 9.78 Å². The van der Waals surface area contributed by atoms with Crippen LogP contribution < -0.4 is 0 Å². The van der Waals surface area contributed by atoms with Crippen molar-refractivity contribution in [3.05, 3.63) is 30.3 Å². The number of aryl methyl sites for hydroxylation is 1. The van der Waals surface area contributed by atoms with Gasteiger partial charge in [-0.05, 0) is 0 Å². The molecule has 1 rings (SSSR count). The zero-order chi connectivity index (χ0) is 7.02. The topological polar surface area (TPSA) is 17.8 Å². The predicted octanol–water partition coefficient (Wildman–Crippen LogP) is 1.19. The van der Waals surface area contributed by atoms with Gasteiger partial charge < -0.3 is 0 Å². The summed E-state index contributed by atoms with van der Waals surface area (Å²) in [7, 11) is 1.68. The van der Waals surface area contributed by atoms with Gasteiger partial charge in [-0.3, -0.25) is 4.68 Å². The molecule has 0 atom stereocenters. The highest BCUT2D eigenvalue weighted by Gasteiger charge is 2.04. The molecule has 46 valence electrons. The lowest BCUT2D eigenvalue weighted by atomic mass is 10.3. The quantitative estimate of drug-likeness (QED) is 0.530. The highest BCUT2D eigenvalue weighted by atomic mass is 35.5. The van der Waals surface area contributed by atoms with E-state index < -0.39 is 0 Å². The Balaban J connectivity index is 3.29. The Morgan fingerprint density at radius 3 is 2.22 bits per heavy atom. The molecule has 3 heteroatoms. The van der Waals surface area contributed by atoms with Crippen LogP contribution in [0.1, 0.15) is 11.3 Å². The molecule has 0 amide bonds. The molecule has 0 aliphatic carbocycles. The van der Waals surface area contributed by atoms with Crippen molar-refractivity contribution in [2.45, 2.75) is 0 Å². The van der Waals surface area contributed by atoms with Crippen LogP contribution in [0.2, 0.25) is 5.15 Å². The van der Waals surface area contributed by atoms with Crippen molar-refractivity contribution < 1.29 is 0 Å². The third kappa shape index (κ3) is 0.944. The average molecular weight is 141 g/mol. The molecule has 1 aromatic heterocycles. The molecule has 0 spiro atoms. The Kier molecular flexibility index (Phi) is 1.49. The van der Waals surface area contributed by atoms with Crippen molar-refractivity contribution in [1.82, 2.24) is 9.78 Å². The van der Waals surface area contributed by atoms with Gasteiger partial charge in [0.05, 0.1) is 0 Å². The molecule has 0 saturated carbocycles. The van der Waals surface area contributed by atoms with Crippen LogP contribution in [-0.2, 0) is 7.05 Å². The highest BCUT2D eigenvalue weighted by Crippen LogP contribution is 2.15. The molecule has 0 saturated heterocycles. The molecule has 0 fully saturated rings. The minimum atomic E-state index is 0.259. The van der Waals surface area contributed by atoms with Crippen molar-refractivity contribution in [1.29, 1.82) is 0 Å². The van der Waals surface area contributed by atoms with E-state index in [2.05, 4.69) is 5.10 Å². The number of halogens is 1. The molecule has 0 aromatic carbocycles. The Bertz CT molecular complexity index is 205. The summed E-state index contributed by atoms with van der Waals surface area (Å²) < 4.78 is 1.43. The second-order valence-electron chi connectivity index (χ2n) is 1.71. The first-order chi connectivity index (χ1) is 4.13. The Hall–Kier alpha value is -0.500. The van der Waals surface area contributed by atoms with Gasteiger partial charge in [0.15, 0.2) is 5.15 Å². The zero-order valence-corrected chi connectivity index (χ0v) is 5.68. The normalized spacial score (nSPS) is 10.2. The molecule has 0 aliphatic rings. The first-order valence-electron chi connectivity index (χ1n) is 2.36. The summed E-state index contributed by atoms with van der Waals surface area (Å²) in [5.41, 5.74) is 0.749. The Labute approximate surface area is 59.4 Å². The Morgan fingerprint density at radius 1 is 1.56 bits per heavy atom. The lowest BCUT2D eigenvalue weighted by molar-refractivity contribution is 0.753. The van der Waals surface area contributed by atoms with E-state index in [0.29, 0.717) is 11.3 Å². The van der Waals surface area contributed by atoms with Crippen LogP contribution in [0.15, 0.2) is 0 Å². The zero-order valence-electron chi connectivity index (χ0n) is 4.93. The summed E-state index contributed by atoms with van der Waals surface area (Å²) in [5, 5.41) is 4.00. The SMILES string of the molecule is [CH]c1c(Cl)nn(C)c1[CH]. The third-order valence-electron chi connectivity index (χ3n) is 1.08. The average Bonchev–Trinajstić information content (AvgIpc) is 1.98. The predicted molar refractivity (Wildman–Crippen MR) is 35.0 cm³/mol. The van der Waals surface area contributed by atoms with Crippen LogP contribution in [0.4, 0.5) is 0 Å². The van der Waals surface area contributed by atoms with Crippen LogP contribution in [0.5, 0.6) is 0 Å². The van der Waals surface area contributed by atoms with Crippen molar-refractivity contribution in [2.75, 3.05) is 0 Å². The maximum Gasteiger partial charge on any atom is 0.154 e. The number of hydrogen-bond donors (Lipinski definition) is 0. The first kappa shape index (κ1) is 6.62. The number of rotatable bonds is 0. The van der Waals surface area contributed by atoms with Crippen molar-refractivity contribution in [3.63, 3.8) is 0 Å². The molecule has 0 aliphatic heterocycles. The van der Waals surface area contributed by atoms with Crippen LogP contribution in [0.25, 0.3) is 0 Å². The Morgan fingerprint density at radius 2 is 2.11 bits per heavy atom. The fraction of sp³-hybridized carbons (Fsp3) is 0.167. The third-order valence-corrected chi connectivity index (χ3v) is 1.36. The minimum absolute atomic E-state index is 0.259. The molecule has 4 radical (unpaired) electrons. The van der Waals surface area contributed by atoms with Crippen molar-refractivity contribution in [2.24, 2.45) is 7.05 Å². The van der Waals surface area contributed by atoms with E-state index in [4.69, 9.17) is 25.4 Å². The van der Waals surface area contributed by atoms with E-state index in [-0.39, 0.29) is 5.15 Å². The summed E-state index contributed by atoms with van der Waals surface area (Å²) in [6.07, 6.45) is 0. The van der Waals surface area contributed by atoms with Gasteiger partial charge in [0.25, 0.3) is 0 Å². The summed E-state index contributed by atoms with van der Waals surface area (Å²) in [5.74, 6) is 0. The second-order valence-corrected chi connectivity index (χ2v) is 2.07. The van der Waals surface area contributed by atoms with E-state index in [1.54, 1.807) is 7.05 Å². The monoisotopic (exact) mass is 140 g/mol. The molecule has 1 aromatic rings. The van der Waals surface area contributed by atoms with Gasteiger partial charge >= 0.3 is 0 Å². The summed E-state index contributed by atoms with van der Waals surface area (Å²) in [4.78, 5) is 0. The van der Waals surface area contributed by atoms with Gasteiger partial charge in [-0.25, -0.2) is 0 Å². The van der Waals surface area contributed by atoms with Gasteiger partial charge in [0.1, 0.15) is 0 Å². The number of nitrogens with zero attached hydrogens (tertiary/aromatic N) is 2. The van der Waals surface area contributed by atoms with E-state index in [1.807, 2.05) is 0 Å². The first-order valence-corrected chi connectivity index (χ1v) is 2.74. The standard InChI is InChI=1S/C6H5ClN2/c1-4-5(2)9(3)8-6(4)7/h1-2H,3H3. The smallest absolute Gasteiger partial charge is 0.154 e. The van der Waals surface area contributed by atoms with Gasteiger partial charge in [-0.2, -0.15) is 5.10 Å². The van der Waals surface area contributed by atoms with Gasteiger partial charge in [-0.1, -0.05) is 11.6 Å². The number of aromatic nitrogens is 2. The highest BCUT2D eigenvalue weighted by molar-refractivity contribution is 6.30. The fourth-order valence-electron chi connectivity index (χ4n) is 0.519. The van der Waals surface area contributed by atoms with E-state index in [1.165, 1.54) is 4.68 Å². The van der Waals surface area contributed by atoms with Crippen LogP contribution >= 0.6 is 11.6 Å². The molecule has 0 bridgehead atoms. The van der Waals surface area contributed by atoms with E-state index >= 15 is 0 Å². The van der Waals surface area contributed by atoms with E-state index in [0.717, 1.165) is 0 Å². The largest absolute Gasteiger partial charge is 0.271 e. The number of hydrogen-bond acceptors (Lipinski definition) is 1. The van der Waals surface area contributed by atoms with Gasteiger partial charge in [0, 0.05) is 32.2 Å². The molecular formula is C6H5ClN2. The molecule has 1 heterocycles. The lowest BCUT2D eigenvalue weighted by Gasteiger charge is -1.89. The molecular weight excluding hydrogens is 136 g/mol. The van der Waals surface area contributed by atoms with Crippen molar-refractivity contribution >= 4 is 11.6 Å². The maximum atomic E-state index is 5.50. The van der Waals surface area contributed by atoms with Gasteiger partial charge in [-0.15, -0.1) is 0 Å². The minimum Gasteiger partial charge on any atom is -0.271 e. The van der Waals surface area contributed by atoms with E-state index in [9.17, 15) is 0 Å². The molecule has 0 unspecified atom stereocenters. The lowest BCUT2D eigenvalue weighted by Crippen LogP contribution is -1.92. The maximum absolute atomic E-state index is 5.50. The molecule has 2 nitrogen and oxygen atoms in total. The summed E-state index contributed by atoms with van der Waals surface area (Å²) in [6.45, 7) is 10.8. The summed E-state index contributed by atoms with van der Waals surface area (Å²) in [6, 6.07) is 0. The molecule has 9 heavy (non-hydrogen) atoms. The van der Waals surface area contributed by atoms with Crippen LogP contribution in [0.3, 0.4) is 0 Å². The summed E-state index contributed by atoms with van der Waals surface area (Å²) >= 11 is 5.50. The second kappa shape index (κ2) is 2.03. The van der Waals surface area contributed by atoms with Crippen molar-refractivity contribution in [3.8, 4) is 0 Å². The van der Waals surface area contributed by atoms with Gasteiger partial charge in [0.2, 0.25) is 0 Å². The fourth-order valence-corrected chi connectivity index (χ4v) is 0.730.